The molecule has 8 rings (SSSR count). The first-order valence-electron chi connectivity index (χ1n) is 13.3. The van der Waals surface area contributed by atoms with Crippen molar-refractivity contribution in [2.45, 2.75) is 0 Å². The second-order valence-corrected chi connectivity index (χ2v) is 10.4. The number of pyridine rings is 1. The van der Waals surface area contributed by atoms with Crippen molar-refractivity contribution in [3.8, 4) is 0 Å². The molecular weight excluding hydrogens is 528 g/mol. The van der Waals surface area contributed by atoms with Gasteiger partial charge in [0.05, 0.1) is 33.6 Å². The smallest absolute Gasteiger partial charge is 0.197 e. The number of para-hydroxylation sites is 1. The number of aromatic nitrogens is 1. The summed E-state index contributed by atoms with van der Waals surface area (Å²) in [4.78, 5) is 72.0. The summed E-state index contributed by atoms with van der Waals surface area (Å²) in [6.45, 7) is 0. The Morgan fingerprint density at radius 1 is 0.452 bits per heavy atom. The summed E-state index contributed by atoms with van der Waals surface area (Å²) < 4.78 is 0. The van der Waals surface area contributed by atoms with Gasteiger partial charge in [-0.25, -0.2) is 0 Å². The molecule has 1 heterocycles. The highest BCUT2D eigenvalue weighted by Crippen LogP contribution is 2.40. The Morgan fingerprint density at radius 3 is 1.69 bits per heavy atom. The summed E-state index contributed by atoms with van der Waals surface area (Å²) in [7, 11) is 0. The van der Waals surface area contributed by atoms with Crippen LogP contribution in [0.3, 0.4) is 0 Å². The Morgan fingerprint density at radius 2 is 1.00 bits per heavy atom. The standard InChI is InChI=1S/C35H18N2O5/c38-31-17-8-1-2-9-18(17)33(40)27-22(31)13-7-15-25(27)36-26-16-23-30(37-24-14-6-5-12-21(24)32(23)39)29-28(26)34(41)19-10-3-4-11-20(19)35(29)42/h1-16,36H,(H,37,39). The molecule has 0 unspecified atom stereocenters. The van der Waals surface area contributed by atoms with Gasteiger partial charge in [-0.2, -0.15) is 0 Å². The van der Waals surface area contributed by atoms with Gasteiger partial charge in [0.1, 0.15) is 0 Å². The largest absolute Gasteiger partial charge is 0.354 e. The van der Waals surface area contributed by atoms with E-state index < -0.39 is 11.6 Å². The molecule has 0 fully saturated rings. The van der Waals surface area contributed by atoms with Crippen LogP contribution in [0.2, 0.25) is 0 Å². The summed E-state index contributed by atoms with van der Waals surface area (Å²) in [6, 6.07) is 26.6. The molecule has 5 aromatic carbocycles. The lowest BCUT2D eigenvalue weighted by molar-refractivity contribution is 0.0979. The van der Waals surface area contributed by atoms with Crippen molar-refractivity contribution in [1.82, 2.24) is 4.98 Å². The van der Waals surface area contributed by atoms with Crippen molar-refractivity contribution in [2.24, 2.45) is 0 Å². The lowest BCUT2D eigenvalue weighted by Crippen LogP contribution is -2.25. The van der Waals surface area contributed by atoms with Crippen molar-refractivity contribution >= 4 is 56.3 Å². The van der Waals surface area contributed by atoms with Crippen LogP contribution in [0.5, 0.6) is 0 Å². The number of fused-ring (bicyclic) bond motifs is 7. The van der Waals surface area contributed by atoms with E-state index in [4.69, 9.17) is 0 Å². The topological polar surface area (TPSA) is 113 Å². The Bertz CT molecular complexity index is 2330. The van der Waals surface area contributed by atoms with Gasteiger partial charge in [0.15, 0.2) is 28.6 Å². The Balaban J connectivity index is 1.42. The maximum absolute atomic E-state index is 14.0. The van der Waals surface area contributed by atoms with Crippen LogP contribution in [0.25, 0.3) is 21.8 Å². The first kappa shape index (κ1) is 23.9. The summed E-state index contributed by atoms with van der Waals surface area (Å²) in [5.41, 5.74) is 2.65. The van der Waals surface area contributed by atoms with Gasteiger partial charge >= 0.3 is 0 Å². The number of carbonyl (C=O) groups is 4. The van der Waals surface area contributed by atoms with Crippen molar-refractivity contribution in [1.29, 1.82) is 0 Å². The summed E-state index contributed by atoms with van der Waals surface area (Å²) in [5, 5.41) is 3.84. The van der Waals surface area contributed by atoms with Crippen molar-refractivity contribution in [3.63, 3.8) is 0 Å². The number of anilines is 2. The maximum atomic E-state index is 14.0. The molecule has 2 aliphatic carbocycles. The first-order chi connectivity index (χ1) is 20.4. The minimum atomic E-state index is -0.393. The van der Waals surface area contributed by atoms with Crippen LogP contribution in [0, 0.1) is 0 Å². The zero-order valence-corrected chi connectivity index (χ0v) is 21.8. The zero-order valence-electron chi connectivity index (χ0n) is 21.8. The number of carbonyl (C=O) groups excluding carboxylic acids is 4. The SMILES string of the molecule is O=C1c2ccccc2C(=O)c2c(Nc3cc4c(=O)c5ccccc5[nH]c4c4c3C(=O)c3ccccc3C4=O)cccc21. The predicted molar refractivity (Wildman–Crippen MR) is 158 cm³/mol. The number of aromatic amines is 1. The Kier molecular flexibility index (Phi) is 4.85. The minimum absolute atomic E-state index is 0.0825. The number of ketones is 4. The van der Waals surface area contributed by atoms with Crippen LogP contribution >= 0.6 is 0 Å². The Labute approximate surface area is 237 Å². The van der Waals surface area contributed by atoms with E-state index >= 15 is 0 Å². The van der Waals surface area contributed by atoms with Crippen LogP contribution in [0.1, 0.15) is 63.7 Å². The number of hydrogen-bond donors (Lipinski definition) is 2. The molecule has 0 aliphatic heterocycles. The highest BCUT2D eigenvalue weighted by molar-refractivity contribution is 6.34. The molecule has 0 saturated heterocycles. The van der Waals surface area contributed by atoms with Crippen molar-refractivity contribution in [3.05, 3.63) is 152 Å². The van der Waals surface area contributed by atoms with Crippen LogP contribution in [-0.2, 0) is 0 Å². The molecular formula is C35H18N2O5. The molecule has 2 aliphatic rings. The molecule has 198 valence electrons. The summed E-state index contributed by atoms with van der Waals surface area (Å²) in [6.07, 6.45) is 0. The summed E-state index contributed by atoms with van der Waals surface area (Å²) in [5.74, 6) is -1.41. The van der Waals surface area contributed by atoms with Gasteiger partial charge in [0.25, 0.3) is 0 Å². The van der Waals surface area contributed by atoms with Gasteiger partial charge in [0, 0.05) is 44.1 Å². The molecule has 0 bridgehead atoms. The van der Waals surface area contributed by atoms with Gasteiger partial charge in [-0.1, -0.05) is 72.8 Å². The summed E-state index contributed by atoms with van der Waals surface area (Å²) >= 11 is 0. The fourth-order valence-corrected chi connectivity index (χ4v) is 6.17. The van der Waals surface area contributed by atoms with Crippen molar-refractivity contribution in [2.75, 3.05) is 5.32 Å². The average molecular weight is 547 g/mol. The number of benzene rings is 5. The molecule has 0 spiro atoms. The van der Waals surface area contributed by atoms with E-state index in [0.29, 0.717) is 22.2 Å². The number of H-pyrrole nitrogens is 1. The van der Waals surface area contributed by atoms with Gasteiger partial charge < -0.3 is 10.3 Å². The van der Waals surface area contributed by atoms with Crippen LogP contribution in [-0.4, -0.2) is 28.1 Å². The van der Waals surface area contributed by atoms with E-state index in [2.05, 4.69) is 10.3 Å². The molecule has 0 amide bonds. The van der Waals surface area contributed by atoms with Gasteiger partial charge in [-0.05, 0) is 24.3 Å². The fourth-order valence-electron chi connectivity index (χ4n) is 6.17. The van der Waals surface area contributed by atoms with E-state index in [0.717, 1.165) is 0 Å². The zero-order chi connectivity index (χ0) is 28.7. The highest BCUT2D eigenvalue weighted by Gasteiger charge is 2.36. The van der Waals surface area contributed by atoms with Gasteiger partial charge in [-0.15, -0.1) is 0 Å². The first-order valence-corrected chi connectivity index (χ1v) is 13.3. The highest BCUT2D eigenvalue weighted by atomic mass is 16.1. The second-order valence-electron chi connectivity index (χ2n) is 10.4. The molecule has 0 radical (unpaired) electrons. The lowest BCUT2D eigenvalue weighted by atomic mass is 9.81. The third-order valence-electron chi connectivity index (χ3n) is 8.10. The third-order valence-corrected chi connectivity index (χ3v) is 8.10. The molecule has 0 saturated carbocycles. The van der Waals surface area contributed by atoms with E-state index in [9.17, 15) is 24.0 Å². The Hall–Kier alpha value is -5.95. The molecule has 7 nitrogen and oxygen atoms in total. The molecule has 42 heavy (non-hydrogen) atoms. The monoisotopic (exact) mass is 546 g/mol. The molecule has 1 aromatic heterocycles. The normalized spacial score (nSPS) is 13.5. The molecule has 6 aromatic rings. The lowest BCUT2D eigenvalue weighted by Gasteiger charge is -2.24. The third kappa shape index (κ3) is 3.13. The molecule has 2 N–H and O–H groups in total. The number of hydrogen-bond acceptors (Lipinski definition) is 6. The van der Waals surface area contributed by atoms with E-state index in [1.807, 2.05) is 0 Å². The number of nitrogens with one attached hydrogen (secondary N) is 2. The van der Waals surface area contributed by atoms with E-state index in [1.54, 1.807) is 97.1 Å². The maximum Gasteiger partial charge on any atom is 0.197 e. The average Bonchev–Trinajstić information content (AvgIpc) is 3.02. The fraction of sp³-hybridized carbons (Fsp3) is 0. The van der Waals surface area contributed by atoms with E-state index in [-0.39, 0.29) is 72.5 Å². The van der Waals surface area contributed by atoms with Crippen LogP contribution in [0.4, 0.5) is 11.4 Å². The van der Waals surface area contributed by atoms with Crippen LogP contribution < -0.4 is 10.7 Å². The van der Waals surface area contributed by atoms with E-state index in [1.165, 1.54) is 0 Å². The quantitative estimate of drug-likeness (QED) is 0.258. The molecule has 7 heteroatoms. The van der Waals surface area contributed by atoms with Crippen molar-refractivity contribution < 1.29 is 19.2 Å². The van der Waals surface area contributed by atoms with Gasteiger partial charge in [-0.3, -0.25) is 24.0 Å². The number of rotatable bonds is 2. The second kappa shape index (κ2) is 8.52. The van der Waals surface area contributed by atoms with Gasteiger partial charge in [0.2, 0.25) is 0 Å². The predicted octanol–water partition coefficient (Wildman–Crippen LogP) is 5.98. The molecule has 0 atom stereocenters. The minimum Gasteiger partial charge on any atom is -0.354 e. The van der Waals surface area contributed by atoms with Crippen LogP contribution in [0.15, 0.2) is 102 Å².